The lowest BCUT2D eigenvalue weighted by Crippen LogP contribution is -2.29. The minimum Gasteiger partial charge on any atom is -0.457 e. The Kier molecular flexibility index (Phi) is 22.4. The summed E-state index contributed by atoms with van der Waals surface area (Å²) in [5.74, 6) is 5.36. The van der Waals surface area contributed by atoms with E-state index in [-0.39, 0.29) is 10.8 Å². The van der Waals surface area contributed by atoms with Crippen molar-refractivity contribution >= 4 is 34.1 Å². The molecular formula is C134H118N2O2. The molecule has 0 fully saturated rings. The van der Waals surface area contributed by atoms with E-state index < -0.39 is 10.8 Å². The monoisotopic (exact) mass is 1790 g/mol. The zero-order valence-corrected chi connectivity index (χ0v) is 80.9. The van der Waals surface area contributed by atoms with Crippen LogP contribution in [0.1, 0.15) is 227 Å². The third-order valence-electron chi connectivity index (χ3n) is 32.1. The highest BCUT2D eigenvalue weighted by molar-refractivity contribution is 5.94. The van der Waals surface area contributed by atoms with E-state index in [1.165, 1.54) is 181 Å². The highest BCUT2D eigenvalue weighted by Crippen LogP contribution is 2.62. The highest BCUT2D eigenvalue weighted by Gasteiger charge is 2.49. The third kappa shape index (κ3) is 15.0. The maximum Gasteiger partial charge on any atom is 0.127 e. The summed E-state index contributed by atoms with van der Waals surface area (Å²) in [6.45, 7) is 23.3. The largest absolute Gasteiger partial charge is 0.457 e. The SMILES string of the molecule is CCC(CC(C)c1ccc(Oc2ccc(C3(c4cc(C)cc(C)c4)c4ccccc4-c4ccc(N(c5ccccc5)c5ccc6c(c5)C(C)(C)c5ccccc5-6)cc43)cc2)cc1)c1ccc2c(c1)CC2.CCC(CC(C)c1ccc(Oc2ccc(C3(c4ccccc4)c4ccccc4-c4ccc(N(c5ccccc5)c5ccc6c(c5)C(C)(C)c5ccccc5-6)cc43)cc2)cc1)c1ccc2c(c1)CC2. The fourth-order valence-corrected chi connectivity index (χ4v) is 24.7. The van der Waals surface area contributed by atoms with E-state index in [0.717, 1.165) is 82.8 Å². The third-order valence-corrected chi connectivity index (χ3v) is 32.1. The van der Waals surface area contributed by atoms with Crippen molar-refractivity contribution in [3.63, 3.8) is 0 Å². The molecule has 0 saturated heterocycles. The molecule has 6 aliphatic rings. The van der Waals surface area contributed by atoms with E-state index >= 15 is 0 Å². The van der Waals surface area contributed by atoms with Crippen molar-refractivity contribution in [3.05, 3.63) is 535 Å². The molecule has 4 heteroatoms. The molecule has 18 aromatic rings. The lowest BCUT2D eigenvalue weighted by molar-refractivity contribution is 0.481. The molecular weight excluding hydrogens is 1670 g/mol. The first-order chi connectivity index (χ1) is 67.4. The molecule has 0 radical (unpaired) electrons. The van der Waals surface area contributed by atoms with Gasteiger partial charge in [0.1, 0.15) is 23.0 Å². The van der Waals surface area contributed by atoms with Crippen molar-refractivity contribution in [2.24, 2.45) is 0 Å². The van der Waals surface area contributed by atoms with Crippen molar-refractivity contribution in [1.82, 2.24) is 0 Å². The van der Waals surface area contributed by atoms with E-state index in [9.17, 15) is 0 Å². The molecule has 0 N–H and O–H groups in total. The standard InChI is InChI=1S/C68H61NO.C66H57NO/c1-7-47(50-23-21-49-22-24-51(49)41-50)40-46(4)48-25-31-57(32-26-48)70-58-33-27-52(28-34-58)68(53-38-44(2)37-45(3)39-53)64-20-14-12-18-60(64)62-36-30-56(43-66(62)68)69(54-15-9-8-10-16-54)55-29-35-61-59-17-11-13-19-63(59)67(5,6)65(61)42-55;1-5-45(48-26-24-47-25-27-49(47)41-48)40-44(2)46-28-34-55(35-29-46)68-56-36-30-51(31-37-56)66(50-16-8-6-9-17-50)62-23-15-13-21-58(62)60-39-33-54(43-64(60)66)67(52-18-10-7-11-19-52)53-32-38-59-57-20-12-14-22-61(57)65(3,4)63(59)42-53/h8-21,23,25-39,41-43,46-47H,7,22,24,40H2,1-6H3;6-24,26,28-39,41-45H,5,25,27,40H2,1-4H3. The molecule has 0 amide bonds. The summed E-state index contributed by atoms with van der Waals surface area (Å²) >= 11 is 0. The lowest BCUT2D eigenvalue weighted by atomic mass is 9.67. The van der Waals surface area contributed by atoms with Crippen LogP contribution in [0.4, 0.5) is 34.1 Å². The van der Waals surface area contributed by atoms with Crippen molar-refractivity contribution in [1.29, 1.82) is 0 Å². The number of aryl methyl sites for hydroxylation is 6. The molecule has 0 spiro atoms. The second kappa shape index (κ2) is 35.4. The minimum absolute atomic E-state index is 0.119. The van der Waals surface area contributed by atoms with Gasteiger partial charge in [0.2, 0.25) is 0 Å². The fraction of sp³-hybridized carbons (Fsp3) is 0.194. The molecule has 6 unspecified atom stereocenters. The van der Waals surface area contributed by atoms with Crippen molar-refractivity contribution in [3.8, 4) is 67.5 Å². The van der Waals surface area contributed by atoms with Crippen molar-refractivity contribution < 1.29 is 9.47 Å². The van der Waals surface area contributed by atoms with Crippen LogP contribution in [0.3, 0.4) is 0 Å². The topological polar surface area (TPSA) is 24.9 Å². The summed E-state index contributed by atoms with van der Waals surface area (Å²) < 4.78 is 13.3. The summed E-state index contributed by atoms with van der Waals surface area (Å²) in [6, 6.07) is 154. The molecule has 0 saturated carbocycles. The van der Waals surface area contributed by atoms with Crippen LogP contribution in [0.25, 0.3) is 44.5 Å². The Morgan fingerprint density at radius 3 is 0.884 bits per heavy atom. The Bertz CT molecular complexity index is 7640. The quantitative estimate of drug-likeness (QED) is 0.0602. The van der Waals surface area contributed by atoms with Crippen LogP contribution in [0.15, 0.2) is 413 Å². The molecule has 0 aromatic heterocycles. The first kappa shape index (κ1) is 87.2. The van der Waals surface area contributed by atoms with Gasteiger partial charge in [-0.15, -0.1) is 0 Å². The molecule has 6 atom stereocenters. The summed E-state index contributed by atoms with van der Waals surface area (Å²) in [7, 11) is 0. The Labute approximate surface area is 816 Å². The van der Waals surface area contributed by atoms with Crippen LogP contribution >= 0.6 is 0 Å². The van der Waals surface area contributed by atoms with Gasteiger partial charge in [-0.3, -0.25) is 0 Å². The van der Waals surface area contributed by atoms with Crippen molar-refractivity contribution in [2.75, 3.05) is 9.80 Å². The Morgan fingerprint density at radius 1 is 0.239 bits per heavy atom. The van der Waals surface area contributed by atoms with Crippen LogP contribution in [0.5, 0.6) is 23.0 Å². The number of benzene rings is 18. The second-order valence-corrected chi connectivity index (χ2v) is 40.9. The predicted octanol–water partition coefficient (Wildman–Crippen LogP) is 35.4. The molecule has 0 aliphatic heterocycles. The molecule has 6 aliphatic carbocycles. The van der Waals surface area contributed by atoms with Crippen LogP contribution in [-0.2, 0) is 47.3 Å². The molecule has 24 rings (SSSR count). The molecule has 0 heterocycles. The molecule has 0 bridgehead atoms. The number of hydrogen-bond donors (Lipinski definition) is 0. The fourth-order valence-electron chi connectivity index (χ4n) is 24.7. The normalized spacial score (nSPS) is 16.5. The number of rotatable bonds is 24. The van der Waals surface area contributed by atoms with E-state index in [4.69, 9.17) is 9.47 Å². The van der Waals surface area contributed by atoms with E-state index in [1.807, 2.05) is 0 Å². The zero-order chi connectivity index (χ0) is 93.7. The number of hydrogen-bond acceptors (Lipinski definition) is 4. The Morgan fingerprint density at radius 2 is 0.529 bits per heavy atom. The molecule has 4 nitrogen and oxygen atoms in total. The van der Waals surface area contributed by atoms with Gasteiger partial charge in [0, 0.05) is 45.0 Å². The summed E-state index contributed by atoms with van der Waals surface area (Å²) in [5, 5.41) is 0. The second-order valence-electron chi connectivity index (χ2n) is 40.9. The van der Waals surface area contributed by atoms with Crippen LogP contribution in [0, 0.1) is 13.8 Å². The van der Waals surface area contributed by atoms with Gasteiger partial charge < -0.3 is 19.3 Å². The van der Waals surface area contributed by atoms with Gasteiger partial charge in [-0.1, -0.05) is 358 Å². The summed E-state index contributed by atoms with van der Waals surface area (Å²) in [5.41, 5.74) is 45.6. The lowest BCUT2D eigenvalue weighted by Gasteiger charge is -2.35. The van der Waals surface area contributed by atoms with Gasteiger partial charge in [0.25, 0.3) is 0 Å². The predicted molar refractivity (Wildman–Crippen MR) is 574 cm³/mol. The van der Waals surface area contributed by atoms with Gasteiger partial charge in [0.05, 0.1) is 10.8 Å². The first-order valence-electron chi connectivity index (χ1n) is 50.2. The average molecular weight is 1790 g/mol. The van der Waals surface area contributed by atoms with E-state index in [1.54, 1.807) is 11.1 Å². The minimum atomic E-state index is -0.601. The number of para-hydroxylation sites is 2. The van der Waals surface area contributed by atoms with E-state index in [2.05, 4.69) is 492 Å². The molecule has 18 aromatic carbocycles. The molecule has 676 valence electrons. The number of ether oxygens (including phenoxy) is 2. The average Bonchev–Trinajstić information content (AvgIpc) is 1.53. The van der Waals surface area contributed by atoms with Crippen molar-refractivity contribution in [2.45, 2.75) is 166 Å². The number of nitrogens with zero attached hydrogens (tertiary/aromatic N) is 2. The van der Waals surface area contributed by atoms with Gasteiger partial charge in [-0.2, -0.15) is 0 Å². The van der Waals surface area contributed by atoms with Gasteiger partial charge in [-0.25, -0.2) is 0 Å². The smallest absolute Gasteiger partial charge is 0.127 e. The number of fused-ring (bicyclic) bond motifs is 14. The van der Waals surface area contributed by atoms with E-state index in [0.29, 0.717) is 23.7 Å². The van der Waals surface area contributed by atoms with Gasteiger partial charge in [-0.05, 0) is 366 Å². The number of anilines is 6. The summed E-state index contributed by atoms with van der Waals surface area (Å²) in [6.07, 6.45) is 9.52. The van der Waals surface area contributed by atoms with Gasteiger partial charge in [0.15, 0.2) is 0 Å². The van der Waals surface area contributed by atoms with Gasteiger partial charge >= 0.3 is 0 Å². The first-order valence-corrected chi connectivity index (χ1v) is 50.2. The van der Waals surface area contributed by atoms with Crippen LogP contribution in [0.2, 0.25) is 0 Å². The highest BCUT2D eigenvalue weighted by atomic mass is 16.5. The zero-order valence-electron chi connectivity index (χ0n) is 80.9. The maximum absolute atomic E-state index is 6.66. The Balaban J connectivity index is 0.000000155. The maximum atomic E-state index is 6.66. The summed E-state index contributed by atoms with van der Waals surface area (Å²) in [4.78, 5) is 4.89. The molecule has 138 heavy (non-hydrogen) atoms. The Hall–Kier alpha value is -14.8. The van der Waals surface area contributed by atoms with Crippen LogP contribution < -0.4 is 19.3 Å². The van der Waals surface area contributed by atoms with Crippen LogP contribution in [-0.4, -0.2) is 0 Å².